The molecule has 0 saturated heterocycles. The molecule has 1 aliphatic carbocycles. The van der Waals surface area contributed by atoms with Crippen molar-refractivity contribution in [2.24, 2.45) is 5.92 Å². The fourth-order valence-corrected chi connectivity index (χ4v) is 3.66. The Hall–Kier alpha value is -2.58. The van der Waals surface area contributed by atoms with Crippen molar-refractivity contribution in [3.8, 4) is 0 Å². The van der Waals surface area contributed by atoms with Crippen molar-refractivity contribution in [1.29, 1.82) is 0 Å². The summed E-state index contributed by atoms with van der Waals surface area (Å²) in [5, 5.41) is 15.5. The highest BCUT2D eigenvalue weighted by Crippen LogP contribution is 2.53. The standard InChI is InChI=1S/C23H23NO/c25-23(20-16-17-20,19-12-6-2-7-13-19)22(18-10-4-1-5-11-18)24-21-14-8-3-9-15-21/h1-15,20,22,24-25H,16-17H2. The molecule has 0 amide bonds. The van der Waals surface area contributed by atoms with Gasteiger partial charge in [0.1, 0.15) is 5.60 Å². The molecule has 0 aliphatic heterocycles. The highest BCUT2D eigenvalue weighted by atomic mass is 16.3. The molecule has 126 valence electrons. The number of aliphatic hydroxyl groups is 1. The first kappa shape index (κ1) is 15.9. The molecule has 3 aromatic carbocycles. The van der Waals surface area contributed by atoms with Gasteiger partial charge < -0.3 is 10.4 Å². The fraction of sp³-hybridized carbons (Fsp3) is 0.217. The van der Waals surface area contributed by atoms with E-state index in [4.69, 9.17) is 0 Å². The van der Waals surface area contributed by atoms with Gasteiger partial charge in [-0.2, -0.15) is 0 Å². The summed E-state index contributed by atoms with van der Waals surface area (Å²) in [7, 11) is 0. The predicted octanol–water partition coefficient (Wildman–Crippen LogP) is 5.14. The van der Waals surface area contributed by atoms with Crippen LogP contribution in [-0.4, -0.2) is 5.11 Å². The van der Waals surface area contributed by atoms with Crippen LogP contribution in [0.1, 0.15) is 30.0 Å². The van der Waals surface area contributed by atoms with Gasteiger partial charge in [-0.15, -0.1) is 0 Å². The molecule has 0 bridgehead atoms. The van der Waals surface area contributed by atoms with Gasteiger partial charge >= 0.3 is 0 Å². The average molecular weight is 329 g/mol. The number of para-hydroxylation sites is 1. The Labute approximate surface area is 149 Å². The Morgan fingerprint density at radius 1 is 0.760 bits per heavy atom. The topological polar surface area (TPSA) is 32.3 Å². The van der Waals surface area contributed by atoms with Crippen LogP contribution in [0, 0.1) is 5.92 Å². The summed E-state index contributed by atoms with van der Waals surface area (Å²) >= 11 is 0. The molecule has 2 nitrogen and oxygen atoms in total. The van der Waals surface area contributed by atoms with E-state index in [1.165, 1.54) is 0 Å². The van der Waals surface area contributed by atoms with Crippen molar-refractivity contribution in [1.82, 2.24) is 0 Å². The third-order valence-corrected chi connectivity index (χ3v) is 5.09. The Morgan fingerprint density at radius 2 is 1.28 bits per heavy atom. The Morgan fingerprint density at radius 3 is 1.84 bits per heavy atom. The SMILES string of the molecule is OC(c1ccccc1)(C1CC1)C(Nc1ccccc1)c1ccccc1. The molecule has 0 aromatic heterocycles. The summed E-state index contributed by atoms with van der Waals surface area (Å²) in [4.78, 5) is 0. The van der Waals surface area contributed by atoms with Crippen molar-refractivity contribution in [3.63, 3.8) is 0 Å². The molecule has 1 fully saturated rings. The van der Waals surface area contributed by atoms with Crippen LogP contribution in [0.3, 0.4) is 0 Å². The normalized spacial score (nSPS) is 17.5. The van der Waals surface area contributed by atoms with E-state index < -0.39 is 5.60 Å². The molecular weight excluding hydrogens is 306 g/mol. The molecular formula is C23H23NO. The van der Waals surface area contributed by atoms with Crippen LogP contribution in [0.2, 0.25) is 0 Å². The second kappa shape index (κ2) is 6.73. The first-order chi connectivity index (χ1) is 12.3. The molecule has 25 heavy (non-hydrogen) atoms. The fourth-order valence-electron chi connectivity index (χ4n) is 3.66. The van der Waals surface area contributed by atoms with Crippen LogP contribution in [-0.2, 0) is 5.60 Å². The molecule has 2 unspecified atom stereocenters. The maximum absolute atomic E-state index is 11.9. The summed E-state index contributed by atoms with van der Waals surface area (Å²) < 4.78 is 0. The molecule has 4 rings (SSSR count). The van der Waals surface area contributed by atoms with Crippen LogP contribution in [0.5, 0.6) is 0 Å². The quantitative estimate of drug-likeness (QED) is 0.656. The first-order valence-corrected chi connectivity index (χ1v) is 8.93. The van der Waals surface area contributed by atoms with Gasteiger partial charge in [0.15, 0.2) is 0 Å². The second-order valence-electron chi connectivity index (χ2n) is 6.82. The predicted molar refractivity (Wildman–Crippen MR) is 102 cm³/mol. The lowest BCUT2D eigenvalue weighted by molar-refractivity contribution is -0.00758. The zero-order valence-corrected chi connectivity index (χ0v) is 14.2. The van der Waals surface area contributed by atoms with Crippen molar-refractivity contribution in [2.75, 3.05) is 5.32 Å². The molecule has 2 heteroatoms. The number of rotatable bonds is 6. The summed E-state index contributed by atoms with van der Waals surface area (Å²) in [5.41, 5.74) is 2.17. The zero-order chi connectivity index (χ0) is 17.1. The lowest BCUT2D eigenvalue weighted by Gasteiger charge is -2.38. The average Bonchev–Trinajstić information content (AvgIpc) is 3.53. The van der Waals surface area contributed by atoms with Gasteiger partial charge in [-0.25, -0.2) is 0 Å². The van der Waals surface area contributed by atoms with E-state index in [9.17, 15) is 5.11 Å². The number of anilines is 1. The summed E-state index contributed by atoms with van der Waals surface area (Å²) in [5.74, 6) is 0.274. The molecule has 0 heterocycles. The third-order valence-electron chi connectivity index (χ3n) is 5.09. The van der Waals surface area contributed by atoms with E-state index in [1.807, 2.05) is 78.9 Å². The Kier molecular flexibility index (Phi) is 4.29. The van der Waals surface area contributed by atoms with E-state index in [0.717, 1.165) is 29.7 Å². The summed E-state index contributed by atoms with van der Waals surface area (Å²) in [6.07, 6.45) is 2.12. The highest BCUT2D eigenvalue weighted by Gasteiger charge is 2.51. The number of hydrogen-bond donors (Lipinski definition) is 2. The van der Waals surface area contributed by atoms with Crippen LogP contribution < -0.4 is 5.32 Å². The van der Waals surface area contributed by atoms with Gasteiger partial charge in [0.05, 0.1) is 6.04 Å². The van der Waals surface area contributed by atoms with Crippen LogP contribution in [0.15, 0.2) is 91.0 Å². The number of benzene rings is 3. The van der Waals surface area contributed by atoms with Gasteiger partial charge in [0, 0.05) is 5.69 Å². The van der Waals surface area contributed by atoms with Crippen molar-refractivity contribution in [2.45, 2.75) is 24.5 Å². The largest absolute Gasteiger partial charge is 0.382 e. The van der Waals surface area contributed by atoms with Gasteiger partial charge in [-0.1, -0.05) is 78.9 Å². The molecule has 1 aliphatic rings. The van der Waals surface area contributed by atoms with Crippen molar-refractivity contribution in [3.05, 3.63) is 102 Å². The maximum atomic E-state index is 11.9. The van der Waals surface area contributed by atoms with Crippen LogP contribution in [0.4, 0.5) is 5.69 Å². The summed E-state index contributed by atoms with van der Waals surface area (Å²) in [6.45, 7) is 0. The van der Waals surface area contributed by atoms with Crippen molar-refractivity contribution >= 4 is 5.69 Å². The smallest absolute Gasteiger partial charge is 0.117 e. The van der Waals surface area contributed by atoms with Crippen LogP contribution in [0.25, 0.3) is 0 Å². The zero-order valence-electron chi connectivity index (χ0n) is 14.2. The maximum Gasteiger partial charge on any atom is 0.117 e. The molecule has 2 atom stereocenters. The van der Waals surface area contributed by atoms with Crippen LogP contribution >= 0.6 is 0 Å². The Bertz CT molecular complexity index is 799. The monoisotopic (exact) mass is 329 g/mol. The Balaban J connectivity index is 1.80. The minimum Gasteiger partial charge on any atom is -0.382 e. The van der Waals surface area contributed by atoms with Gasteiger partial charge in [0.25, 0.3) is 0 Å². The van der Waals surface area contributed by atoms with E-state index in [0.29, 0.717) is 0 Å². The number of hydrogen-bond acceptors (Lipinski definition) is 2. The van der Waals surface area contributed by atoms with E-state index in [-0.39, 0.29) is 12.0 Å². The molecule has 1 saturated carbocycles. The van der Waals surface area contributed by atoms with E-state index in [1.54, 1.807) is 0 Å². The minimum absolute atomic E-state index is 0.203. The van der Waals surface area contributed by atoms with E-state index >= 15 is 0 Å². The first-order valence-electron chi connectivity index (χ1n) is 8.93. The van der Waals surface area contributed by atoms with Gasteiger partial charge in [-0.05, 0) is 42.0 Å². The summed E-state index contributed by atoms with van der Waals surface area (Å²) in [6, 6.07) is 30.3. The molecule has 0 radical (unpaired) electrons. The van der Waals surface area contributed by atoms with Gasteiger partial charge in [0.2, 0.25) is 0 Å². The second-order valence-corrected chi connectivity index (χ2v) is 6.82. The lowest BCUT2D eigenvalue weighted by atomic mass is 9.78. The third kappa shape index (κ3) is 3.18. The molecule has 2 N–H and O–H groups in total. The molecule has 3 aromatic rings. The lowest BCUT2D eigenvalue weighted by Crippen LogP contribution is -2.40. The number of nitrogens with one attached hydrogen (secondary N) is 1. The van der Waals surface area contributed by atoms with E-state index in [2.05, 4.69) is 17.4 Å². The minimum atomic E-state index is -0.932. The van der Waals surface area contributed by atoms with Gasteiger partial charge in [-0.3, -0.25) is 0 Å². The highest BCUT2D eigenvalue weighted by molar-refractivity contribution is 5.48. The molecule has 0 spiro atoms. The van der Waals surface area contributed by atoms with Crippen molar-refractivity contribution < 1.29 is 5.11 Å².